The van der Waals surface area contributed by atoms with E-state index in [9.17, 15) is 9.59 Å². The third-order valence-corrected chi connectivity index (χ3v) is 2.17. The summed E-state index contributed by atoms with van der Waals surface area (Å²) >= 11 is 0. The highest BCUT2D eigenvalue weighted by Crippen LogP contribution is 1.94. The molecule has 15 heavy (non-hydrogen) atoms. The second kappa shape index (κ2) is 7.23. The first-order valence-electron chi connectivity index (χ1n) is 5.07. The summed E-state index contributed by atoms with van der Waals surface area (Å²) in [5, 5.41) is 2.91. The topological polar surface area (TPSA) is 52.7 Å². The molecule has 0 radical (unpaired) electrons. The van der Waals surface area contributed by atoms with Crippen LogP contribution in [0.3, 0.4) is 0 Å². The Labute approximate surface area is 91.4 Å². The zero-order valence-corrected chi connectivity index (χ0v) is 10.0. The molecule has 0 aromatic carbocycles. The molecule has 0 spiro atoms. The molecule has 0 atom stereocenters. The van der Waals surface area contributed by atoms with Gasteiger partial charge in [0, 0.05) is 47.1 Å². The van der Waals surface area contributed by atoms with Crippen molar-refractivity contribution in [1.29, 1.82) is 0 Å². The summed E-state index contributed by atoms with van der Waals surface area (Å²) in [6.07, 6.45) is 0.859. The minimum Gasteiger partial charge on any atom is -0.349 e. The number of carbonyl (C=O) groups excluding carboxylic acids is 2. The molecule has 5 nitrogen and oxygen atoms in total. The van der Waals surface area contributed by atoms with Crippen LogP contribution in [0, 0.1) is 0 Å². The quantitative estimate of drug-likeness (QED) is 0.652. The van der Waals surface area contributed by atoms with Crippen LogP contribution in [0.25, 0.3) is 0 Å². The summed E-state index contributed by atoms with van der Waals surface area (Å²) in [5.74, 6) is 0.110. The van der Waals surface area contributed by atoms with Gasteiger partial charge in [-0.3, -0.25) is 9.59 Å². The maximum absolute atomic E-state index is 11.4. The molecule has 0 aliphatic heterocycles. The largest absolute Gasteiger partial charge is 0.349 e. The molecule has 0 aliphatic rings. The van der Waals surface area contributed by atoms with E-state index < -0.39 is 0 Å². The molecule has 0 unspecified atom stereocenters. The fraction of sp³-hybridized carbons (Fsp3) is 0.800. The second-order valence-electron chi connectivity index (χ2n) is 3.71. The number of hydrogen-bond acceptors (Lipinski definition) is 3. The van der Waals surface area contributed by atoms with Crippen molar-refractivity contribution in [2.45, 2.75) is 12.8 Å². The van der Waals surface area contributed by atoms with Crippen LogP contribution in [-0.2, 0) is 9.59 Å². The highest BCUT2D eigenvalue weighted by atomic mass is 16.2. The van der Waals surface area contributed by atoms with E-state index in [2.05, 4.69) is 5.32 Å². The lowest BCUT2D eigenvalue weighted by molar-refractivity contribution is -0.132. The second-order valence-corrected chi connectivity index (χ2v) is 3.71. The molecule has 0 heterocycles. The molecule has 0 aromatic rings. The van der Waals surface area contributed by atoms with Gasteiger partial charge in [-0.15, -0.1) is 0 Å². The summed E-state index contributed by atoms with van der Waals surface area (Å²) in [6, 6.07) is 0. The maximum Gasteiger partial charge on any atom is 0.223 e. The lowest BCUT2D eigenvalue weighted by Gasteiger charge is -2.18. The standard InChI is InChI=1S/C10H21N3O2/c1-11-7-5-10(15)13(4)8-6-9(14)12(2)3/h11H,5-8H2,1-4H3. The van der Waals surface area contributed by atoms with Gasteiger partial charge in [0.05, 0.1) is 0 Å². The minimum absolute atomic E-state index is 0.0447. The van der Waals surface area contributed by atoms with Crippen molar-refractivity contribution in [2.75, 3.05) is 41.3 Å². The lowest BCUT2D eigenvalue weighted by atomic mass is 10.3. The highest BCUT2D eigenvalue weighted by Gasteiger charge is 2.10. The van der Waals surface area contributed by atoms with Crippen LogP contribution in [0.4, 0.5) is 0 Å². The van der Waals surface area contributed by atoms with Gasteiger partial charge in [-0.25, -0.2) is 0 Å². The third kappa shape index (κ3) is 6.06. The SMILES string of the molecule is CNCCC(=O)N(C)CCC(=O)N(C)C. The van der Waals surface area contributed by atoms with Gasteiger partial charge in [0.1, 0.15) is 0 Å². The van der Waals surface area contributed by atoms with E-state index in [1.165, 1.54) is 4.90 Å². The van der Waals surface area contributed by atoms with Crippen LogP contribution in [0.5, 0.6) is 0 Å². The van der Waals surface area contributed by atoms with Crippen LogP contribution in [-0.4, -0.2) is 62.9 Å². The number of rotatable bonds is 6. The number of carbonyl (C=O) groups is 2. The first-order valence-corrected chi connectivity index (χ1v) is 5.07. The van der Waals surface area contributed by atoms with Gasteiger partial charge in [0.25, 0.3) is 0 Å². The van der Waals surface area contributed by atoms with Crippen molar-refractivity contribution in [3.05, 3.63) is 0 Å². The van der Waals surface area contributed by atoms with E-state index in [-0.39, 0.29) is 11.8 Å². The van der Waals surface area contributed by atoms with Crippen LogP contribution in [0.2, 0.25) is 0 Å². The first kappa shape index (κ1) is 13.9. The van der Waals surface area contributed by atoms with E-state index in [4.69, 9.17) is 0 Å². The van der Waals surface area contributed by atoms with Crippen LogP contribution in [0.15, 0.2) is 0 Å². The smallest absolute Gasteiger partial charge is 0.223 e. The van der Waals surface area contributed by atoms with Crippen molar-refractivity contribution in [1.82, 2.24) is 15.1 Å². The summed E-state index contributed by atoms with van der Waals surface area (Å²) in [6.45, 7) is 1.16. The molecule has 0 rings (SSSR count). The molecule has 0 bridgehead atoms. The van der Waals surface area contributed by atoms with Crippen molar-refractivity contribution in [2.24, 2.45) is 0 Å². The fourth-order valence-corrected chi connectivity index (χ4v) is 1.03. The van der Waals surface area contributed by atoms with E-state index in [0.29, 0.717) is 25.9 Å². The lowest BCUT2D eigenvalue weighted by Crippen LogP contribution is -2.33. The van der Waals surface area contributed by atoms with Gasteiger partial charge in [0.15, 0.2) is 0 Å². The Morgan fingerprint density at radius 3 is 2.13 bits per heavy atom. The molecular formula is C10H21N3O2. The Balaban J connectivity index is 3.77. The average molecular weight is 215 g/mol. The van der Waals surface area contributed by atoms with E-state index in [0.717, 1.165) is 0 Å². The molecule has 5 heteroatoms. The Hall–Kier alpha value is -1.10. The summed E-state index contributed by atoms with van der Waals surface area (Å²) in [4.78, 5) is 25.8. The Kier molecular flexibility index (Phi) is 6.70. The van der Waals surface area contributed by atoms with Gasteiger partial charge >= 0.3 is 0 Å². The number of hydrogen-bond donors (Lipinski definition) is 1. The Morgan fingerprint density at radius 2 is 1.67 bits per heavy atom. The van der Waals surface area contributed by atoms with E-state index >= 15 is 0 Å². The Bertz CT molecular complexity index is 217. The maximum atomic E-state index is 11.4. The molecule has 88 valence electrons. The van der Waals surface area contributed by atoms with Gasteiger partial charge < -0.3 is 15.1 Å². The van der Waals surface area contributed by atoms with Gasteiger partial charge in [-0.1, -0.05) is 0 Å². The highest BCUT2D eigenvalue weighted by molar-refractivity contribution is 5.78. The molecule has 0 saturated heterocycles. The van der Waals surface area contributed by atoms with Gasteiger partial charge in [0.2, 0.25) is 11.8 Å². The molecule has 0 fully saturated rings. The number of nitrogens with one attached hydrogen (secondary N) is 1. The van der Waals surface area contributed by atoms with E-state index in [1.807, 2.05) is 7.05 Å². The monoisotopic (exact) mass is 215 g/mol. The minimum atomic E-state index is 0.0447. The third-order valence-electron chi connectivity index (χ3n) is 2.17. The molecular weight excluding hydrogens is 194 g/mol. The van der Waals surface area contributed by atoms with Crippen molar-refractivity contribution in [3.8, 4) is 0 Å². The van der Waals surface area contributed by atoms with Crippen molar-refractivity contribution < 1.29 is 9.59 Å². The summed E-state index contributed by atoms with van der Waals surface area (Å²) in [5.41, 5.74) is 0. The van der Waals surface area contributed by atoms with Gasteiger partial charge in [-0.2, -0.15) is 0 Å². The van der Waals surface area contributed by atoms with Crippen LogP contribution < -0.4 is 5.32 Å². The number of amides is 2. The predicted octanol–water partition coefficient (Wildman–Crippen LogP) is -0.467. The zero-order chi connectivity index (χ0) is 11.8. The fourth-order valence-electron chi connectivity index (χ4n) is 1.03. The predicted molar refractivity (Wildman–Crippen MR) is 59.5 cm³/mol. The van der Waals surface area contributed by atoms with Gasteiger partial charge in [-0.05, 0) is 7.05 Å². The average Bonchev–Trinajstić information content (AvgIpc) is 2.21. The van der Waals surface area contributed by atoms with Crippen molar-refractivity contribution in [3.63, 3.8) is 0 Å². The normalized spacial score (nSPS) is 9.87. The zero-order valence-electron chi connectivity index (χ0n) is 10.0. The molecule has 2 amide bonds. The Morgan fingerprint density at radius 1 is 1.07 bits per heavy atom. The summed E-state index contributed by atoms with van der Waals surface area (Å²) < 4.78 is 0. The summed E-state index contributed by atoms with van der Waals surface area (Å²) in [7, 11) is 6.96. The van der Waals surface area contributed by atoms with Crippen LogP contribution in [0.1, 0.15) is 12.8 Å². The number of nitrogens with zero attached hydrogens (tertiary/aromatic N) is 2. The molecule has 1 N–H and O–H groups in total. The van der Waals surface area contributed by atoms with Crippen LogP contribution >= 0.6 is 0 Å². The van der Waals surface area contributed by atoms with Crippen molar-refractivity contribution >= 4 is 11.8 Å². The first-order chi connectivity index (χ1) is 6.99. The molecule has 0 aliphatic carbocycles. The molecule has 0 saturated carbocycles. The van der Waals surface area contributed by atoms with E-state index in [1.54, 1.807) is 26.0 Å². The molecule has 0 aromatic heterocycles.